The van der Waals surface area contributed by atoms with Crippen molar-refractivity contribution in [2.24, 2.45) is 5.92 Å². The van der Waals surface area contributed by atoms with Crippen LogP contribution in [0.5, 0.6) is 0 Å². The molecule has 0 aliphatic carbocycles. The average Bonchev–Trinajstić information content (AvgIpc) is 3.29. The van der Waals surface area contributed by atoms with E-state index in [4.69, 9.17) is 4.52 Å². The molecule has 3 aromatic rings. The number of rotatable bonds is 5. The van der Waals surface area contributed by atoms with Crippen molar-refractivity contribution in [2.45, 2.75) is 51.5 Å². The van der Waals surface area contributed by atoms with E-state index in [1.54, 1.807) is 13.0 Å². The first-order valence-corrected chi connectivity index (χ1v) is 14.3. The predicted octanol–water partition coefficient (Wildman–Crippen LogP) is 4.76. The van der Waals surface area contributed by atoms with Crippen LogP contribution in [0.3, 0.4) is 0 Å². The normalized spacial score (nSPS) is 18.8. The highest BCUT2D eigenvalue weighted by molar-refractivity contribution is 7.89. The number of benzene rings is 2. The zero-order valence-electron chi connectivity index (χ0n) is 21.6. The Hall–Kier alpha value is -3.23. The molecule has 0 N–H and O–H groups in total. The summed E-state index contributed by atoms with van der Waals surface area (Å²) in [5, 5.41) is 3.97. The molecule has 37 heavy (non-hydrogen) atoms. The van der Waals surface area contributed by atoms with Crippen LogP contribution in [-0.2, 0) is 27.8 Å². The molecule has 1 atom stereocenters. The van der Waals surface area contributed by atoms with E-state index in [9.17, 15) is 13.2 Å². The summed E-state index contributed by atoms with van der Waals surface area (Å²) >= 11 is 0. The van der Waals surface area contributed by atoms with Gasteiger partial charge >= 0.3 is 0 Å². The van der Waals surface area contributed by atoms with Gasteiger partial charge in [-0.2, -0.15) is 4.31 Å². The van der Waals surface area contributed by atoms with Gasteiger partial charge in [-0.1, -0.05) is 59.3 Å². The van der Waals surface area contributed by atoms with Gasteiger partial charge in [0.15, 0.2) is 10.7 Å². The highest BCUT2D eigenvalue weighted by Crippen LogP contribution is 2.31. The maximum absolute atomic E-state index is 13.8. The first-order chi connectivity index (χ1) is 17.7. The van der Waals surface area contributed by atoms with E-state index in [1.807, 2.05) is 55.2 Å². The lowest BCUT2D eigenvalue weighted by atomic mass is 9.95. The third kappa shape index (κ3) is 5.13. The number of hydrogen-bond donors (Lipinski definition) is 0. The van der Waals surface area contributed by atoms with Crippen molar-refractivity contribution in [2.75, 3.05) is 19.6 Å². The number of nitrogens with zero attached hydrogens (tertiary/aromatic N) is 3. The van der Waals surface area contributed by atoms with E-state index >= 15 is 0 Å². The molecule has 1 aromatic heterocycles. The highest BCUT2D eigenvalue weighted by atomic mass is 32.2. The molecule has 1 saturated heterocycles. The molecule has 0 spiro atoms. The van der Waals surface area contributed by atoms with Gasteiger partial charge in [0, 0.05) is 26.2 Å². The molecule has 3 heterocycles. The molecule has 194 valence electrons. The number of fused-ring (bicyclic) bond motifs is 1. The van der Waals surface area contributed by atoms with E-state index in [2.05, 4.69) is 17.3 Å². The Morgan fingerprint density at radius 2 is 1.84 bits per heavy atom. The number of aromatic nitrogens is 1. The van der Waals surface area contributed by atoms with Gasteiger partial charge in [0.2, 0.25) is 15.9 Å². The number of carbonyl (C=O) groups excluding carboxylic acids is 1. The summed E-state index contributed by atoms with van der Waals surface area (Å²) in [5.41, 5.74) is 5.96. The summed E-state index contributed by atoms with van der Waals surface area (Å²) in [4.78, 5) is 15.4. The van der Waals surface area contributed by atoms with Crippen LogP contribution in [0.25, 0.3) is 12.2 Å². The number of piperidine rings is 1. The van der Waals surface area contributed by atoms with Gasteiger partial charge in [-0.25, -0.2) is 8.42 Å². The van der Waals surface area contributed by atoms with E-state index in [-0.39, 0.29) is 29.0 Å². The van der Waals surface area contributed by atoms with Gasteiger partial charge in [0.25, 0.3) is 0 Å². The van der Waals surface area contributed by atoms with Crippen LogP contribution < -0.4 is 0 Å². The Balaban J connectivity index is 1.35. The van der Waals surface area contributed by atoms with Crippen molar-refractivity contribution in [3.05, 3.63) is 81.7 Å². The van der Waals surface area contributed by atoms with Gasteiger partial charge in [-0.3, -0.25) is 4.79 Å². The minimum Gasteiger partial charge on any atom is -0.355 e. The van der Waals surface area contributed by atoms with Crippen LogP contribution in [0.4, 0.5) is 0 Å². The fourth-order valence-corrected chi connectivity index (χ4v) is 7.11. The first kappa shape index (κ1) is 25.4. The number of hydrogen-bond acceptors (Lipinski definition) is 5. The maximum Gasteiger partial charge on any atom is 0.248 e. The summed E-state index contributed by atoms with van der Waals surface area (Å²) in [6.45, 7) is 7.46. The maximum atomic E-state index is 13.8. The minimum atomic E-state index is -3.89. The van der Waals surface area contributed by atoms with E-state index in [0.29, 0.717) is 38.2 Å². The third-order valence-electron chi connectivity index (χ3n) is 7.46. The van der Waals surface area contributed by atoms with Crippen LogP contribution >= 0.6 is 0 Å². The fraction of sp³-hybridized carbons (Fsp3) is 0.379. The molecule has 0 radical (unpaired) electrons. The summed E-state index contributed by atoms with van der Waals surface area (Å²) in [6.07, 6.45) is 5.68. The van der Waals surface area contributed by atoms with Crippen molar-refractivity contribution >= 4 is 28.1 Å². The second-order valence-corrected chi connectivity index (χ2v) is 12.0. The minimum absolute atomic E-state index is 0.0338. The molecule has 2 aromatic carbocycles. The fourth-order valence-electron chi connectivity index (χ4n) is 5.34. The van der Waals surface area contributed by atoms with E-state index < -0.39 is 10.0 Å². The van der Waals surface area contributed by atoms with Crippen LogP contribution in [0.1, 0.15) is 52.1 Å². The molecule has 1 amide bonds. The molecular weight excluding hydrogens is 486 g/mol. The lowest BCUT2D eigenvalue weighted by molar-refractivity contribution is -0.137. The predicted molar refractivity (Wildman–Crippen MR) is 143 cm³/mol. The lowest BCUT2D eigenvalue weighted by Crippen LogP contribution is -2.47. The summed E-state index contributed by atoms with van der Waals surface area (Å²) in [6, 6.07) is 14.3. The van der Waals surface area contributed by atoms with Crippen LogP contribution in [0, 0.1) is 26.7 Å². The number of sulfonamides is 1. The Morgan fingerprint density at radius 1 is 1.05 bits per heavy atom. The van der Waals surface area contributed by atoms with Crippen LogP contribution in [0.15, 0.2) is 51.9 Å². The van der Waals surface area contributed by atoms with Gasteiger partial charge in [0.05, 0.1) is 5.92 Å². The first-order valence-electron chi connectivity index (χ1n) is 12.8. The zero-order valence-corrected chi connectivity index (χ0v) is 22.4. The molecule has 0 saturated carbocycles. The molecule has 1 fully saturated rings. The summed E-state index contributed by atoms with van der Waals surface area (Å²) in [7, 11) is -3.89. The largest absolute Gasteiger partial charge is 0.355 e. The monoisotopic (exact) mass is 519 g/mol. The molecule has 2 aliphatic heterocycles. The number of aryl methyl sites for hydroxylation is 3. The van der Waals surface area contributed by atoms with Gasteiger partial charge in [-0.05, 0) is 68.4 Å². The molecule has 0 unspecified atom stereocenters. The second-order valence-electron chi connectivity index (χ2n) is 10.1. The molecule has 5 rings (SSSR count). The van der Waals surface area contributed by atoms with Crippen LogP contribution in [0.2, 0.25) is 0 Å². The molecule has 0 bridgehead atoms. The van der Waals surface area contributed by atoms with Crippen molar-refractivity contribution < 1.29 is 17.7 Å². The lowest BCUT2D eigenvalue weighted by Gasteiger charge is -2.36. The van der Waals surface area contributed by atoms with Crippen molar-refractivity contribution in [1.29, 1.82) is 0 Å². The molecular formula is C29H33N3O4S. The topological polar surface area (TPSA) is 83.7 Å². The highest BCUT2D eigenvalue weighted by Gasteiger charge is 2.38. The number of carbonyl (C=O) groups is 1. The Labute approximate surface area is 218 Å². The van der Waals surface area contributed by atoms with Crippen LogP contribution in [-0.4, -0.2) is 48.3 Å². The van der Waals surface area contributed by atoms with Gasteiger partial charge < -0.3 is 9.42 Å². The molecule has 7 nitrogen and oxygen atoms in total. The van der Waals surface area contributed by atoms with Gasteiger partial charge in [0.1, 0.15) is 5.69 Å². The Kier molecular flexibility index (Phi) is 7.05. The Bertz CT molecular complexity index is 1460. The standard InChI is InChI=1S/C29H33N3O4S/c1-20-10-11-21(2)24(17-20)12-13-27-28(22(3)30-36-27)37(34,35)32-15-6-9-26(19-32)29(33)31-16-14-23-7-4-5-8-25(23)18-31/h4-5,7-8,10-13,17,26H,6,9,14-16,18-19H2,1-3H3/b13-12+/t26-/m1/s1. The van der Waals surface area contributed by atoms with E-state index in [1.165, 1.54) is 15.4 Å². The van der Waals surface area contributed by atoms with Gasteiger partial charge in [-0.15, -0.1) is 0 Å². The zero-order chi connectivity index (χ0) is 26.2. The van der Waals surface area contributed by atoms with Crippen molar-refractivity contribution in [3.8, 4) is 0 Å². The SMILES string of the molecule is Cc1ccc(C)c(/C=C/c2onc(C)c2S(=O)(=O)N2CCC[C@@H](C(=O)N3CCc4ccccc4C3)C2)c1. The quantitative estimate of drug-likeness (QED) is 0.486. The van der Waals surface area contributed by atoms with E-state index in [0.717, 1.165) is 23.1 Å². The smallest absolute Gasteiger partial charge is 0.248 e. The summed E-state index contributed by atoms with van der Waals surface area (Å²) in [5.74, 6) is -0.117. The Morgan fingerprint density at radius 3 is 2.65 bits per heavy atom. The third-order valence-corrected chi connectivity index (χ3v) is 9.48. The van der Waals surface area contributed by atoms with Crippen molar-refractivity contribution in [1.82, 2.24) is 14.4 Å². The summed E-state index contributed by atoms with van der Waals surface area (Å²) < 4.78 is 34.5. The second kappa shape index (κ2) is 10.3. The van der Waals surface area contributed by atoms with Crippen molar-refractivity contribution in [3.63, 3.8) is 0 Å². The number of amides is 1. The molecule has 2 aliphatic rings. The average molecular weight is 520 g/mol. The molecule has 8 heteroatoms.